The van der Waals surface area contributed by atoms with Gasteiger partial charge in [0.05, 0.1) is 0 Å². The summed E-state index contributed by atoms with van der Waals surface area (Å²) in [5, 5.41) is 0. The third kappa shape index (κ3) is 4.63. The summed E-state index contributed by atoms with van der Waals surface area (Å²) in [7, 11) is 4.21. The number of hydrogen-bond acceptors (Lipinski definition) is 4. The van der Waals surface area contributed by atoms with Crippen molar-refractivity contribution in [1.82, 2.24) is 9.88 Å². The second kappa shape index (κ2) is 7.34. The molecule has 0 aliphatic carbocycles. The summed E-state index contributed by atoms with van der Waals surface area (Å²) < 4.78 is 0. The highest BCUT2D eigenvalue weighted by atomic mass is 15.2. The molecule has 0 saturated heterocycles. The lowest BCUT2D eigenvalue weighted by Gasteiger charge is -2.23. The number of rotatable bonds is 7. The van der Waals surface area contributed by atoms with Gasteiger partial charge in [-0.05, 0) is 52.5 Å². The van der Waals surface area contributed by atoms with Crippen LogP contribution in [0.4, 0.5) is 5.82 Å². The number of aromatic nitrogens is 1. The quantitative estimate of drug-likeness (QED) is 0.802. The number of pyridine rings is 1. The molecular formula is C14H26N4. The van der Waals surface area contributed by atoms with E-state index in [1.54, 1.807) is 0 Å². The molecule has 1 aromatic rings. The van der Waals surface area contributed by atoms with Crippen LogP contribution in [-0.2, 0) is 0 Å². The third-order valence-electron chi connectivity index (χ3n) is 3.04. The highest BCUT2D eigenvalue weighted by Crippen LogP contribution is 2.14. The third-order valence-corrected chi connectivity index (χ3v) is 3.04. The van der Waals surface area contributed by atoms with Crippen molar-refractivity contribution < 1.29 is 0 Å². The molecule has 2 N–H and O–H groups in total. The van der Waals surface area contributed by atoms with Gasteiger partial charge in [-0.3, -0.25) is 0 Å². The van der Waals surface area contributed by atoms with Crippen molar-refractivity contribution in [3.63, 3.8) is 0 Å². The molecule has 1 atom stereocenters. The zero-order valence-corrected chi connectivity index (χ0v) is 12.1. The molecule has 0 saturated carbocycles. The summed E-state index contributed by atoms with van der Waals surface area (Å²) in [5.41, 5.74) is 6.91. The zero-order chi connectivity index (χ0) is 13.5. The van der Waals surface area contributed by atoms with Crippen LogP contribution in [0.25, 0.3) is 0 Å². The van der Waals surface area contributed by atoms with Gasteiger partial charge in [0.15, 0.2) is 0 Å². The van der Waals surface area contributed by atoms with Gasteiger partial charge in [-0.25, -0.2) is 4.98 Å². The highest BCUT2D eigenvalue weighted by molar-refractivity contribution is 5.39. The SMILES string of the molecule is CCN(CCCN(C)C)c1ccc(C(C)N)cn1. The molecular weight excluding hydrogens is 224 g/mol. The maximum atomic E-state index is 5.83. The van der Waals surface area contributed by atoms with Crippen LogP contribution in [0.2, 0.25) is 0 Å². The van der Waals surface area contributed by atoms with Crippen molar-refractivity contribution in [2.75, 3.05) is 38.6 Å². The first-order valence-corrected chi connectivity index (χ1v) is 6.65. The lowest BCUT2D eigenvalue weighted by molar-refractivity contribution is 0.400. The van der Waals surface area contributed by atoms with Crippen LogP contribution in [0, 0.1) is 0 Å². The fourth-order valence-electron chi connectivity index (χ4n) is 1.87. The molecule has 1 rings (SSSR count). The van der Waals surface area contributed by atoms with Gasteiger partial charge in [-0.1, -0.05) is 6.07 Å². The summed E-state index contributed by atoms with van der Waals surface area (Å²) in [6, 6.07) is 4.19. The molecule has 4 nitrogen and oxygen atoms in total. The average molecular weight is 250 g/mol. The van der Waals surface area contributed by atoms with Crippen LogP contribution in [0.5, 0.6) is 0 Å². The molecule has 1 unspecified atom stereocenters. The molecule has 0 aliphatic heterocycles. The number of nitrogens with zero attached hydrogens (tertiary/aromatic N) is 3. The van der Waals surface area contributed by atoms with E-state index in [2.05, 4.69) is 47.9 Å². The van der Waals surface area contributed by atoms with Gasteiger partial charge in [0.1, 0.15) is 5.82 Å². The Hall–Kier alpha value is -1.13. The number of anilines is 1. The first-order valence-electron chi connectivity index (χ1n) is 6.65. The second-order valence-electron chi connectivity index (χ2n) is 4.97. The van der Waals surface area contributed by atoms with Gasteiger partial charge in [0, 0.05) is 25.3 Å². The van der Waals surface area contributed by atoms with Crippen molar-refractivity contribution in [2.45, 2.75) is 26.3 Å². The largest absolute Gasteiger partial charge is 0.357 e. The fraction of sp³-hybridized carbons (Fsp3) is 0.643. The maximum Gasteiger partial charge on any atom is 0.128 e. The minimum absolute atomic E-state index is 0.0513. The van der Waals surface area contributed by atoms with Gasteiger partial charge in [0.25, 0.3) is 0 Å². The highest BCUT2D eigenvalue weighted by Gasteiger charge is 2.06. The van der Waals surface area contributed by atoms with Gasteiger partial charge in [-0.15, -0.1) is 0 Å². The standard InChI is InChI=1S/C14H26N4/c1-5-18(10-6-9-17(3)4)14-8-7-13(11-16-14)12(2)15/h7-8,11-12H,5-6,9-10,15H2,1-4H3. The Balaban J connectivity index is 2.58. The van der Waals surface area contributed by atoms with Crippen LogP contribution in [0.1, 0.15) is 31.9 Å². The summed E-state index contributed by atoms with van der Waals surface area (Å²) >= 11 is 0. The summed E-state index contributed by atoms with van der Waals surface area (Å²) in [5.74, 6) is 1.04. The topological polar surface area (TPSA) is 45.4 Å². The first kappa shape index (κ1) is 14.9. The molecule has 1 heterocycles. The van der Waals surface area contributed by atoms with Crippen molar-refractivity contribution in [3.05, 3.63) is 23.9 Å². The average Bonchev–Trinajstić information content (AvgIpc) is 2.34. The minimum atomic E-state index is 0.0513. The molecule has 102 valence electrons. The Morgan fingerprint density at radius 2 is 2.00 bits per heavy atom. The molecule has 0 spiro atoms. The normalized spacial score (nSPS) is 12.8. The van der Waals surface area contributed by atoms with E-state index < -0.39 is 0 Å². The van der Waals surface area contributed by atoms with E-state index in [1.807, 2.05) is 13.1 Å². The molecule has 0 bridgehead atoms. The summed E-state index contributed by atoms with van der Waals surface area (Å²) in [4.78, 5) is 9.01. The van der Waals surface area contributed by atoms with Crippen LogP contribution in [-0.4, -0.2) is 43.6 Å². The van der Waals surface area contributed by atoms with E-state index in [9.17, 15) is 0 Å². The Bertz CT molecular complexity index is 332. The minimum Gasteiger partial charge on any atom is -0.357 e. The molecule has 4 heteroatoms. The molecule has 0 radical (unpaired) electrons. The van der Waals surface area contributed by atoms with E-state index in [-0.39, 0.29) is 6.04 Å². The lowest BCUT2D eigenvalue weighted by Crippen LogP contribution is -2.27. The van der Waals surface area contributed by atoms with E-state index in [0.29, 0.717) is 0 Å². The lowest BCUT2D eigenvalue weighted by atomic mass is 10.1. The monoisotopic (exact) mass is 250 g/mol. The molecule has 0 fully saturated rings. The van der Waals surface area contributed by atoms with Gasteiger partial charge < -0.3 is 15.5 Å². The molecule has 0 amide bonds. The zero-order valence-electron chi connectivity index (χ0n) is 12.1. The van der Waals surface area contributed by atoms with E-state index in [1.165, 1.54) is 0 Å². The van der Waals surface area contributed by atoms with Crippen molar-refractivity contribution in [3.8, 4) is 0 Å². The predicted molar refractivity (Wildman–Crippen MR) is 77.9 cm³/mol. The maximum absolute atomic E-state index is 5.83. The first-order chi connectivity index (χ1) is 8.54. The van der Waals surface area contributed by atoms with Crippen molar-refractivity contribution in [1.29, 1.82) is 0 Å². The van der Waals surface area contributed by atoms with Gasteiger partial charge >= 0.3 is 0 Å². The number of nitrogens with two attached hydrogens (primary N) is 1. The Morgan fingerprint density at radius 1 is 1.28 bits per heavy atom. The van der Waals surface area contributed by atoms with Crippen LogP contribution in [0.3, 0.4) is 0 Å². The fourth-order valence-corrected chi connectivity index (χ4v) is 1.87. The van der Waals surface area contributed by atoms with Crippen LogP contribution < -0.4 is 10.6 Å². The van der Waals surface area contributed by atoms with E-state index in [4.69, 9.17) is 5.73 Å². The van der Waals surface area contributed by atoms with Crippen LogP contribution >= 0.6 is 0 Å². The van der Waals surface area contributed by atoms with Crippen molar-refractivity contribution in [2.24, 2.45) is 5.73 Å². The molecule has 0 aromatic carbocycles. The molecule has 0 aliphatic rings. The summed E-state index contributed by atoms with van der Waals surface area (Å²) in [6.07, 6.45) is 3.03. The Kier molecular flexibility index (Phi) is 6.09. The van der Waals surface area contributed by atoms with Gasteiger partial charge in [0.2, 0.25) is 0 Å². The Morgan fingerprint density at radius 3 is 2.44 bits per heavy atom. The number of hydrogen-bond donors (Lipinski definition) is 1. The second-order valence-corrected chi connectivity index (χ2v) is 4.97. The summed E-state index contributed by atoms with van der Waals surface area (Å²) in [6.45, 7) is 7.27. The Labute approximate surface area is 111 Å². The van der Waals surface area contributed by atoms with Crippen molar-refractivity contribution >= 4 is 5.82 Å². The van der Waals surface area contributed by atoms with Gasteiger partial charge in [-0.2, -0.15) is 0 Å². The molecule has 18 heavy (non-hydrogen) atoms. The van der Waals surface area contributed by atoms with Crippen LogP contribution in [0.15, 0.2) is 18.3 Å². The molecule has 1 aromatic heterocycles. The smallest absolute Gasteiger partial charge is 0.128 e. The van der Waals surface area contributed by atoms with E-state index >= 15 is 0 Å². The van der Waals surface area contributed by atoms with E-state index in [0.717, 1.165) is 37.4 Å². The predicted octanol–water partition coefficient (Wildman–Crippen LogP) is 1.88.